The molecule has 26 heavy (non-hydrogen) atoms. The third kappa shape index (κ3) is 2.78. The Morgan fingerprint density at radius 2 is 2.00 bits per heavy atom. The average molecular weight is 398 g/mol. The molecule has 0 aromatic heterocycles. The van der Waals surface area contributed by atoms with E-state index in [0.717, 1.165) is 0 Å². The van der Waals surface area contributed by atoms with Crippen molar-refractivity contribution in [3.05, 3.63) is 24.0 Å². The van der Waals surface area contributed by atoms with E-state index in [4.69, 9.17) is 9.47 Å². The summed E-state index contributed by atoms with van der Waals surface area (Å²) in [6, 6.07) is 0. The molecule has 3 rings (SSSR count). The monoisotopic (exact) mass is 398 g/mol. The minimum atomic E-state index is -5.87. The normalized spacial score (nSPS) is 34.2. The van der Waals surface area contributed by atoms with E-state index in [0.29, 0.717) is 31.6 Å². The van der Waals surface area contributed by atoms with Crippen LogP contribution in [0, 0.1) is 11.3 Å². The highest BCUT2D eigenvalue weighted by atomic mass is 32.2. The Labute approximate surface area is 149 Å². The molecule has 1 spiro atoms. The van der Waals surface area contributed by atoms with Gasteiger partial charge in [-0.15, -0.1) is 6.58 Å². The lowest BCUT2D eigenvalue weighted by Gasteiger charge is -2.47. The molecule has 0 bridgehead atoms. The van der Waals surface area contributed by atoms with Crippen LogP contribution in [0.25, 0.3) is 0 Å². The lowest BCUT2D eigenvalue weighted by atomic mass is 9.64. The smallest absolute Gasteiger partial charge is 0.385 e. The van der Waals surface area contributed by atoms with Gasteiger partial charge < -0.3 is 18.8 Å². The standard InChI is InChI=1S/C16H21F3O6S/c1-3-4-10-11-5-6-15(23-7-8-24-15)14(11,2)9-12(20)13(10)25-26(21,22)16(17,18)19/h3,11-12,20H,1,4-9H2,2H3/t11-,12-,14-/m0/s1. The van der Waals surface area contributed by atoms with Crippen molar-refractivity contribution in [2.75, 3.05) is 13.2 Å². The molecule has 1 N–H and O–H groups in total. The summed E-state index contributed by atoms with van der Waals surface area (Å²) in [4.78, 5) is 0. The quantitative estimate of drug-likeness (QED) is 0.445. The molecule has 3 aliphatic rings. The molecule has 1 aliphatic heterocycles. The van der Waals surface area contributed by atoms with Crippen LogP contribution < -0.4 is 0 Å². The highest BCUT2D eigenvalue weighted by molar-refractivity contribution is 7.87. The van der Waals surface area contributed by atoms with E-state index in [2.05, 4.69) is 10.8 Å². The fourth-order valence-corrected chi connectivity index (χ4v) is 5.09. The summed E-state index contributed by atoms with van der Waals surface area (Å²) in [6.45, 7) is 6.21. The van der Waals surface area contributed by atoms with Crippen LogP contribution in [0.4, 0.5) is 13.2 Å². The van der Waals surface area contributed by atoms with Crippen LogP contribution >= 0.6 is 0 Å². The van der Waals surface area contributed by atoms with E-state index in [-0.39, 0.29) is 18.8 Å². The summed E-state index contributed by atoms with van der Waals surface area (Å²) in [5, 5.41) is 10.5. The molecule has 0 aromatic rings. The van der Waals surface area contributed by atoms with Crippen molar-refractivity contribution < 1.29 is 40.4 Å². The fraction of sp³-hybridized carbons (Fsp3) is 0.750. The number of allylic oxidation sites excluding steroid dienone is 2. The summed E-state index contributed by atoms with van der Waals surface area (Å²) >= 11 is 0. The number of alkyl halides is 3. The first-order chi connectivity index (χ1) is 12.0. The van der Waals surface area contributed by atoms with Gasteiger partial charge in [0.15, 0.2) is 5.79 Å². The zero-order valence-corrected chi connectivity index (χ0v) is 15.0. The lowest BCUT2D eigenvalue weighted by Crippen LogP contribution is -2.51. The van der Waals surface area contributed by atoms with Crippen molar-refractivity contribution in [2.24, 2.45) is 11.3 Å². The fourth-order valence-electron chi connectivity index (χ4n) is 4.54. The number of hydrogen-bond donors (Lipinski definition) is 1. The molecule has 2 fully saturated rings. The first-order valence-corrected chi connectivity index (χ1v) is 9.69. The largest absolute Gasteiger partial charge is 0.534 e. The van der Waals surface area contributed by atoms with E-state index in [1.807, 2.05) is 6.92 Å². The second kappa shape index (κ2) is 6.22. The van der Waals surface area contributed by atoms with Crippen LogP contribution in [-0.4, -0.2) is 44.1 Å². The van der Waals surface area contributed by atoms with Gasteiger partial charge in [0.25, 0.3) is 0 Å². The third-order valence-corrected chi connectivity index (χ3v) is 6.63. The van der Waals surface area contributed by atoms with Crippen molar-refractivity contribution in [2.45, 2.75) is 50.0 Å². The van der Waals surface area contributed by atoms with Crippen molar-refractivity contribution >= 4 is 10.1 Å². The van der Waals surface area contributed by atoms with E-state index in [1.54, 1.807) is 0 Å². The topological polar surface area (TPSA) is 82.1 Å². The second-order valence-corrected chi connectivity index (χ2v) is 8.58. The number of ether oxygens (including phenoxy) is 2. The number of aliphatic hydroxyl groups excluding tert-OH is 1. The van der Waals surface area contributed by atoms with Gasteiger partial charge in [-0.2, -0.15) is 21.6 Å². The number of hydrogen-bond acceptors (Lipinski definition) is 6. The van der Waals surface area contributed by atoms with Gasteiger partial charge >= 0.3 is 15.6 Å². The zero-order valence-electron chi connectivity index (χ0n) is 14.2. The Balaban J connectivity index is 2.05. The highest BCUT2D eigenvalue weighted by Crippen LogP contribution is 2.62. The predicted molar refractivity (Wildman–Crippen MR) is 84.0 cm³/mol. The average Bonchev–Trinajstić information content (AvgIpc) is 3.09. The first kappa shape index (κ1) is 19.7. The molecule has 0 unspecified atom stereocenters. The summed E-state index contributed by atoms with van der Waals surface area (Å²) < 4.78 is 77.2. The van der Waals surface area contributed by atoms with Gasteiger partial charge in [0, 0.05) is 11.8 Å². The number of aliphatic hydroxyl groups is 1. The lowest BCUT2D eigenvalue weighted by molar-refractivity contribution is -0.232. The van der Waals surface area contributed by atoms with Crippen LogP contribution in [-0.2, 0) is 23.8 Å². The predicted octanol–water partition coefficient (Wildman–Crippen LogP) is 2.61. The number of halogens is 3. The van der Waals surface area contributed by atoms with Crippen LogP contribution in [0.15, 0.2) is 24.0 Å². The Bertz CT molecular complexity index is 723. The van der Waals surface area contributed by atoms with Crippen LogP contribution in [0.3, 0.4) is 0 Å². The molecular weight excluding hydrogens is 377 g/mol. The van der Waals surface area contributed by atoms with Gasteiger partial charge in [0.05, 0.1) is 13.2 Å². The van der Waals surface area contributed by atoms with Crippen molar-refractivity contribution in [3.63, 3.8) is 0 Å². The molecule has 0 radical (unpaired) electrons. The second-order valence-electron chi connectivity index (χ2n) is 7.04. The minimum Gasteiger partial charge on any atom is -0.385 e. The van der Waals surface area contributed by atoms with Crippen LogP contribution in [0.1, 0.15) is 32.6 Å². The van der Waals surface area contributed by atoms with Crippen LogP contribution in [0.2, 0.25) is 0 Å². The molecule has 10 heteroatoms. The summed E-state index contributed by atoms with van der Waals surface area (Å²) in [5.74, 6) is -1.83. The first-order valence-electron chi connectivity index (χ1n) is 8.28. The minimum absolute atomic E-state index is 0.0268. The molecule has 1 saturated carbocycles. The molecule has 6 nitrogen and oxygen atoms in total. The maximum atomic E-state index is 12.7. The Hall–Kier alpha value is -1.10. The Morgan fingerprint density at radius 3 is 2.54 bits per heavy atom. The summed E-state index contributed by atoms with van der Waals surface area (Å²) in [6.07, 6.45) is 1.01. The Kier molecular flexibility index (Phi) is 4.70. The van der Waals surface area contributed by atoms with E-state index in [9.17, 15) is 26.7 Å². The molecule has 0 aromatic carbocycles. The van der Waals surface area contributed by atoms with Crippen molar-refractivity contribution in [1.29, 1.82) is 0 Å². The maximum absolute atomic E-state index is 12.7. The third-order valence-electron chi connectivity index (χ3n) is 5.66. The van der Waals surface area contributed by atoms with Gasteiger partial charge in [0.2, 0.25) is 0 Å². The molecule has 0 amide bonds. The molecule has 148 valence electrons. The van der Waals surface area contributed by atoms with Crippen molar-refractivity contribution in [3.8, 4) is 0 Å². The molecule has 1 heterocycles. The summed E-state index contributed by atoms with van der Waals surface area (Å²) in [5.41, 5.74) is -5.99. The number of rotatable bonds is 4. The van der Waals surface area contributed by atoms with E-state index in [1.165, 1.54) is 6.08 Å². The van der Waals surface area contributed by atoms with Gasteiger partial charge in [-0.25, -0.2) is 0 Å². The van der Waals surface area contributed by atoms with Gasteiger partial charge in [-0.1, -0.05) is 13.0 Å². The zero-order chi connectivity index (χ0) is 19.4. The summed E-state index contributed by atoms with van der Waals surface area (Å²) in [7, 11) is -5.87. The molecular formula is C16H21F3O6S. The van der Waals surface area contributed by atoms with Crippen molar-refractivity contribution in [1.82, 2.24) is 0 Å². The molecule has 3 atom stereocenters. The van der Waals surface area contributed by atoms with Gasteiger partial charge in [-0.05, 0) is 30.8 Å². The van der Waals surface area contributed by atoms with E-state index < -0.39 is 38.7 Å². The highest BCUT2D eigenvalue weighted by Gasteiger charge is 2.65. The number of fused-ring (bicyclic) bond motifs is 2. The SMILES string of the molecule is C=CCC1=C(OS(=O)(=O)C(F)(F)F)[C@@H](O)C[C@@]2(C)[C@H]1CCC21OCCO1. The molecule has 1 saturated heterocycles. The van der Waals surface area contributed by atoms with Gasteiger partial charge in [0.1, 0.15) is 11.9 Å². The van der Waals surface area contributed by atoms with Crippen LogP contribution in [0.5, 0.6) is 0 Å². The maximum Gasteiger partial charge on any atom is 0.534 e. The Morgan fingerprint density at radius 1 is 1.38 bits per heavy atom. The van der Waals surface area contributed by atoms with E-state index >= 15 is 0 Å². The van der Waals surface area contributed by atoms with Gasteiger partial charge in [-0.3, -0.25) is 0 Å². The molecule has 2 aliphatic carbocycles.